The lowest BCUT2D eigenvalue weighted by molar-refractivity contribution is 0.0935. The SMILES string of the molecule is Cc1nc(C)c(C(=O)NC2CCCC2)c(C)n1. The number of aryl methyl sites for hydroxylation is 3. The first-order chi connectivity index (χ1) is 8.08. The second kappa shape index (κ2) is 4.82. The van der Waals surface area contributed by atoms with Crippen LogP contribution in [0, 0.1) is 20.8 Å². The number of hydrogen-bond donors (Lipinski definition) is 1. The molecular formula is C13H19N3O. The fourth-order valence-electron chi connectivity index (χ4n) is 2.54. The normalized spacial score (nSPS) is 16.2. The summed E-state index contributed by atoms with van der Waals surface area (Å²) < 4.78 is 0. The number of rotatable bonds is 2. The second-order valence-corrected chi connectivity index (χ2v) is 4.77. The highest BCUT2D eigenvalue weighted by Crippen LogP contribution is 2.19. The van der Waals surface area contributed by atoms with E-state index in [1.54, 1.807) is 0 Å². The number of hydrogen-bond acceptors (Lipinski definition) is 3. The highest BCUT2D eigenvalue weighted by Gasteiger charge is 2.21. The first-order valence-corrected chi connectivity index (χ1v) is 6.20. The summed E-state index contributed by atoms with van der Waals surface area (Å²) in [5, 5.41) is 3.08. The summed E-state index contributed by atoms with van der Waals surface area (Å²) >= 11 is 0. The Balaban J connectivity index is 2.18. The molecule has 1 aromatic heterocycles. The van der Waals surface area contributed by atoms with Gasteiger partial charge in [-0.05, 0) is 33.6 Å². The molecule has 1 saturated carbocycles. The van der Waals surface area contributed by atoms with Gasteiger partial charge in [0.15, 0.2) is 0 Å². The van der Waals surface area contributed by atoms with Gasteiger partial charge in [0.05, 0.1) is 17.0 Å². The van der Waals surface area contributed by atoms with Crippen LogP contribution in [0.1, 0.15) is 53.3 Å². The zero-order valence-corrected chi connectivity index (χ0v) is 10.7. The molecule has 1 fully saturated rings. The predicted octanol–water partition coefficient (Wildman–Crippen LogP) is 2.07. The first kappa shape index (κ1) is 12.0. The van der Waals surface area contributed by atoms with E-state index in [0.717, 1.165) is 30.1 Å². The van der Waals surface area contributed by atoms with Gasteiger partial charge in [0, 0.05) is 6.04 Å². The molecule has 1 heterocycles. The Bertz CT molecular complexity index is 413. The molecule has 0 unspecified atom stereocenters. The Hall–Kier alpha value is -1.45. The molecule has 1 N–H and O–H groups in total. The fraction of sp³-hybridized carbons (Fsp3) is 0.615. The second-order valence-electron chi connectivity index (χ2n) is 4.77. The summed E-state index contributed by atoms with van der Waals surface area (Å²) in [6.45, 7) is 5.58. The van der Waals surface area contributed by atoms with E-state index in [1.165, 1.54) is 12.8 Å². The molecule has 0 aliphatic heterocycles. The van der Waals surface area contributed by atoms with Crippen molar-refractivity contribution >= 4 is 5.91 Å². The molecule has 0 radical (unpaired) electrons. The maximum atomic E-state index is 12.2. The van der Waals surface area contributed by atoms with E-state index in [4.69, 9.17) is 0 Å². The number of carbonyl (C=O) groups excluding carboxylic acids is 1. The van der Waals surface area contributed by atoms with Gasteiger partial charge < -0.3 is 5.32 Å². The summed E-state index contributed by atoms with van der Waals surface area (Å²) in [5.41, 5.74) is 2.18. The van der Waals surface area contributed by atoms with Crippen LogP contribution >= 0.6 is 0 Å². The Labute approximate surface area is 102 Å². The molecule has 1 aromatic rings. The van der Waals surface area contributed by atoms with Crippen LogP contribution in [0.5, 0.6) is 0 Å². The molecule has 1 aliphatic rings. The first-order valence-electron chi connectivity index (χ1n) is 6.20. The number of nitrogens with one attached hydrogen (secondary N) is 1. The maximum Gasteiger partial charge on any atom is 0.255 e. The number of aromatic nitrogens is 2. The van der Waals surface area contributed by atoms with Gasteiger partial charge in [-0.15, -0.1) is 0 Å². The summed E-state index contributed by atoms with van der Waals surface area (Å²) in [6, 6.07) is 0.336. The molecule has 92 valence electrons. The molecule has 0 atom stereocenters. The van der Waals surface area contributed by atoms with E-state index >= 15 is 0 Å². The van der Waals surface area contributed by atoms with Gasteiger partial charge in [-0.1, -0.05) is 12.8 Å². The number of nitrogens with zero attached hydrogens (tertiary/aromatic N) is 2. The molecule has 0 bridgehead atoms. The van der Waals surface area contributed by atoms with Gasteiger partial charge in [0.2, 0.25) is 0 Å². The van der Waals surface area contributed by atoms with Crippen molar-refractivity contribution in [3.05, 3.63) is 22.8 Å². The lowest BCUT2D eigenvalue weighted by atomic mass is 10.1. The van der Waals surface area contributed by atoms with Gasteiger partial charge in [0.1, 0.15) is 5.82 Å². The predicted molar refractivity (Wildman–Crippen MR) is 66.0 cm³/mol. The lowest BCUT2D eigenvalue weighted by Gasteiger charge is -2.14. The van der Waals surface area contributed by atoms with Crippen LogP contribution in [0.2, 0.25) is 0 Å². The van der Waals surface area contributed by atoms with Crippen LogP contribution in [0.25, 0.3) is 0 Å². The maximum absolute atomic E-state index is 12.2. The molecule has 1 aliphatic carbocycles. The molecule has 2 rings (SSSR count). The quantitative estimate of drug-likeness (QED) is 0.850. The fourth-order valence-corrected chi connectivity index (χ4v) is 2.54. The zero-order chi connectivity index (χ0) is 12.4. The summed E-state index contributed by atoms with van der Waals surface area (Å²) in [6.07, 6.45) is 4.62. The standard InChI is InChI=1S/C13H19N3O/c1-8-12(9(2)15-10(3)14-8)13(17)16-11-6-4-5-7-11/h11H,4-7H2,1-3H3,(H,16,17). The van der Waals surface area contributed by atoms with Gasteiger partial charge in [0.25, 0.3) is 5.91 Å². The highest BCUT2D eigenvalue weighted by atomic mass is 16.1. The van der Waals surface area contributed by atoms with Crippen molar-refractivity contribution in [3.8, 4) is 0 Å². The Morgan fingerprint density at radius 1 is 1.12 bits per heavy atom. The minimum Gasteiger partial charge on any atom is -0.349 e. The van der Waals surface area contributed by atoms with Crippen LogP contribution in [0.3, 0.4) is 0 Å². The van der Waals surface area contributed by atoms with Crippen molar-refractivity contribution in [2.75, 3.05) is 0 Å². The van der Waals surface area contributed by atoms with Crippen LogP contribution in [-0.4, -0.2) is 21.9 Å². The average Bonchev–Trinajstić information content (AvgIpc) is 2.68. The van der Waals surface area contributed by atoms with E-state index in [0.29, 0.717) is 11.6 Å². The molecule has 1 amide bonds. The topological polar surface area (TPSA) is 54.9 Å². The van der Waals surface area contributed by atoms with Crippen LogP contribution in [0.4, 0.5) is 0 Å². The molecule has 4 nitrogen and oxygen atoms in total. The van der Waals surface area contributed by atoms with Crippen molar-refractivity contribution in [2.45, 2.75) is 52.5 Å². The highest BCUT2D eigenvalue weighted by molar-refractivity contribution is 5.96. The molecular weight excluding hydrogens is 214 g/mol. The number of amides is 1. The van der Waals surface area contributed by atoms with Gasteiger partial charge in [-0.2, -0.15) is 0 Å². The van der Waals surface area contributed by atoms with E-state index < -0.39 is 0 Å². The number of carbonyl (C=O) groups is 1. The van der Waals surface area contributed by atoms with E-state index in [9.17, 15) is 4.79 Å². The van der Waals surface area contributed by atoms with Crippen molar-refractivity contribution < 1.29 is 4.79 Å². The van der Waals surface area contributed by atoms with Crippen LogP contribution in [-0.2, 0) is 0 Å². The van der Waals surface area contributed by atoms with Gasteiger partial charge in [-0.25, -0.2) is 9.97 Å². The molecule has 17 heavy (non-hydrogen) atoms. The van der Waals surface area contributed by atoms with Crippen molar-refractivity contribution in [2.24, 2.45) is 0 Å². The minimum absolute atomic E-state index is 0.0214. The van der Waals surface area contributed by atoms with E-state index in [1.807, 2.05) is 20.8 Å². The Morgan fingerprint density at radius 3 is 2.18 bits per heavy atom. The lowest BCUT2D eigenvalue weighted by Crippen LogP contribution is -2.34. The summed E-state index contributed by atoms with van der Waals surface area (Å²) in [5.74, 6) is 0.698. The van der Waals surface area contributed by atoms with Crippen molar-refractivity contribution in [3.63, 3.8) is 0 Å². The summed E-state index contributed by atoms with van der Waals surface area (Å²) in [7, 11) is 0. The zero-order valence-electron chi connectivity index (χ0n) is 10.7. The molecule has 4 heteroatoms. The van der Waals surface area contributed by atoms with E-state index in [-0.39, 0.29) is 5.91 Å². The third kappa shape index (κ3) is 2.62. The third-order valence-electron chi connectivity index (χ3n) is 3.30. The minimum atomic E-state index is -0.0214. The third-order valence-corrected chi connectivity index (χ3v) is 3.30. The van der Waals surface area contributed by atoms with Crippen LogP contribution in [0.15, 0.2) is 0 Å². The average molecular weight is 233 g/mol. The Morgan fingerprint density at radius 2 is 1.65 bits per heavy atom. The largest absolute Gasteiger partial charge is 0.349 e. The summed E-state index contributed by atoms with van der Waals surface area (Å²) in [4.78, 5) is 20.7. The molecule has 0 saturated heterocycles. The van der Waals surface area contributed by atoms with Crippen molar-refractivity contribution in [1.29, 1.82) is 0 Å². The van der Waals surface area contributed by atoms with Crippen LogP contribution < -0.4 is 5.32 Å². The smallest absolute Gasteiger partial charge is 0.255 e. The monoisotopic (exact) mass is 233 g/mol. The van der Waals surface area contributed by atoms with E-state index in [2.05, 4.69) is 15.3 Å². The molecule has 0 spiro atoms. The van der Waals surface area contributed by atoms with Gasteiger partial charge in [-0.3, -0.25) is 4.79 Å². The molecule has 0 aromatic carbocycles. The van der Waals surface area contributed by atoms with Gasteiger partial charge >= 0.3 is 0 Å². The Kier molecular flexibility index (Phi) is 3.41. The van der Waals surface area contributed by atoms with Crippen molar-refractivity contribution in [1.82, 2.24) is 15.3 Å².